The van der Waals surface area contributed by atoms with Gasteiger partial charge in [-0.3, -0.25) is 0 Å². The first kappa shape index (κ1) is 18.7. The smallest absolute Gasteiger partial charge is 0.107 e. The Kier molecular flexibility index (Phi) is 5.38. The van der Waals surface area contributed by atoms with Crippen molar-refractivity contribution in [2.75, 3.05) is 0 Å². The van der Waals surface area contributed by atoms with Crippen LogP contribution in [-0.4, -0.2) is 4.98 Å². The predicted octanol–water partition coefficient (Wildman–Crippen LogP) is 6.92. The molecule has 0 saturated heterocycles. The molecule has 0 aliphatic carbocycles. The highest BCUT2D eigenvalue weighted by Gasteiger charge is 2.04. The van der Waals surface area contributed by atoms with Gasteiger partial charge in [-0.1, -0.05) is 91.0 Å². The average Bonchev–Trinajstić information content (AvgIpc) is 3.29. The highest BCUT2D eigenvalue weighted by molar-refractivity contribution is 7.15. The van der Waals surface area contributed by atoms with E-state index >= 15 is 0 Å². The van der Waals surface area contributed by atoms with E-state index in [1.807, 2.05) is 12.3 Å². The molecule has 0 amide bonds. The van der Waals surface area contributed by atoms with E-state index < -0.39 is 0 Å². The molecule has 0 radical (unpaired) electrons. The Morgan fingerprint density at radius 2 is 1.37 bits per heavy atom. The van der Waals surface area contributed by atoms with Gasteiger partial charge in [-0.25, -0.2) is 4.98 Å². The third-order valence-corrected chi connectivity index (χ3v) is 6.30. The topological polar surface area (TPSA) is 24.9 Å². The molecule has 1 heterocycles. The molecule has 0 fully saturated rings. The number of hydrogen-bond donors (Lipinski definition) is 1. The largest absolute Gasteiger partial charge is 0.306 e. The Morgan fingerprint density at radius 1 is 0.633 bits per heavy atom. The second kappa shape index (κ2) is 8.62. The van der Waals surface area contributed by atoms with Gasteiger partial charge in [0.05, 0.1) is 4.88 Å². The second-order valence-electron chi connectivity index (χ2n) is 7.35. The molecule has 0 saturated carbocycles. The maximum Gasteiger partial charge on any atom is 0.107 e. The molecule has 5 rings (SSSR count). The molecule has 0 bridgehead atoms. The van der Waals surface area contributed by atoms with Crippen LogP contribution in [0.5, 0.6) is 0 Å². The summed E-state index contributed by atoms with van der Waals surface area (Å²) in [7, 11) is 0. The minimum Gasteiger partial charge on any atom is -0.306 e. The average molecular weight is 407 g/mol. The summed E-state index contributed by atoms with van der Waals surface area (Å²) in [5, 5.41) is 7.18. The van der Waals surface area contributed by atoms with Gasteiger partial charge in [-0.2, -0.15) is 0 Å². The molecule has 30 heavy (non-hydrogen) atoms. The fourth-order valence-electron chi connectivity index (χ4n) is 3.63. The van der Waals surface area contributed by atoms with Crippen LogP contribution in [0.4, 0.5) is 0 Å². The molecule has 0 spiro atoms. The van der Waals surface area contributed by atoms with Crippen molar-refractivity contribution < 1.29 is 0 Å². The van der Waals surface area contributed by atoms with E-state index in [2.05, 4.69) is 101 Å². The minimum absolute atomic E-state index is 0.782. The zero-order chi connectivity index (χ0) is 20.2. The van der Waals surface area contributed by atoms with Crippen molar-refractivity contribution in [3.63, 3.8) is 0 Å². The van der Waals surface area contributed by atoms with E-state index in [1.165, 1.54) is 37.9 Å². The first-order valence-corrected chi connectivity index (χ1v) is 11.0. The second-order valence-corrected chi connectivity index (χ2v) is 8.46. The SMILES string of the molecule is c1ccc(-c2cnc(CNCc3ccc(-c4ccc5ccccc5c4)cc3)s2)cc1. The Bertz CT molecular complexity index is 1260. The Balaban J connectivity index is 1.21. The maximum absolute atomic E-state index is 4.56. The van der Waals surface area contributed by atoms with Crippen molar-refractivity contribution >= 4 is 22.1 Å². The molecule has 4 aromatic carbocycles. The summed E-state index contributed by atoms with van der Waals surface area (Å²) >= 11 is 1.75. The van der Waals surface area contributed by atoms with Gasteiger partial charge in [0.2, 0.25) is 0 Å². The Morgan fingerprint density at radius 3 is 2.20 bits per heavy atom. The van der Waals surface area contributed by atoms with Crippen molar-refractivity contribution in [2.24, 2.45) is 0 Å². The molecule has 146 valence electrons. The van der Waals surface area contributed by atoms with Crippen LogP contribution in [0.3, 0.4) is 0 Å². The van der Waals surface area contributed by atoms with Crippen molar-refractivity contribution in [1.82, 2.24) is 10.3 Å². The van der Waals surface area contributed by atoms with Crippen LogP contribution in [0.2, 0.25) is 0 Å². The fraction of sp³-hybridized carbons (Fsp3) is 0.0741. The number of thiazole rings is 1. The van der Waals surface area contributed by atoms with E-state index in [1.54, 1.807) is 11.3 Å². The number of fused-ring (bicyclic) bond motifs is 1. The van der Waals surface area contributed by atoms with Crippen LogP contribution in [0, 0.1) is 0 Å². The highest BCUT2D eigenvalue weighted by Crippen LogP contribution is 2.26. The van der Waals surface area contributed by atoms with Crippen LogP contribution in [0.1, 0.15) is 10.6 Å². The fourth-order valence-corrected chi connectivity index (χ4v) is 4.52. The van der Waals surface area contributed by atoms with E-state index in [0.29, 0.717) is 0 Å². The number of rotatable bonds is 6. The molecule has 0 unspecified atom stereocenters. The normalized spacial score (nSPS) is 11.1. The standard InChI is InChI=1S/C27H22N2S/c1-2-7-23(8-3-1)26-18-29-27(30-26)19-28-17-20-10-12-22(13-11-20)25-15-14-21-6-4-5-9-24(21)16-25/h1-16,18,28H,17,19H2. The van der Waals surface area contributed by atoms with Crippen LogP contribution in [0.15, 0.2) is 103 Å². The first-order valence-electron chi connectivity index (χ1n) is 10.1. The monoisotopic (exact) mass is 406 g/mol. The first-order chi connectivity index (χ1) is 14.8. The van der Waals surface area contributed by atoms with Gasteiger partial charge < -0.3 is 5.32 Å². The van der Waals surface area contributed by atoms with Crippen LogP contribution in [-0.2, 0) is 13.1 Å². The van der Waals surface area contributed by atoms with Gasteiger partial charge >= 0.3 is 0 Å². The predicted molar refractivity (Wildman–Crippen MR) is 127 cm³/mol. The quantitative estimate of drug-likeness (QED) is 0.331. The summed E-state index contributed by atoms with van der Waals surface area (Å²) in [4.78, 5) is 5.77. The van der Waals surface area contributed by atoms with Gasteiger partial charge in [0.25, 0.3) is 0 Å². The Labute approximate surface area is 180 Å². The summed E-state index contributed by atoms with van der Waals surface area (Å²) in [6.45, 7) is 1.61. The van der Waals surface area contributed by atoms with Crippen molar-refractivity contribution in [2.45, 2.75) is 13.1 Å². The van der Waals surface area contributed by atoms with Crippen molar-refractivity contribution in [3.05, 3.63) is 114 Å². The number of nitrogens with one attached hydrogen (secondary N) is 1. The van der Waals surface area contributed by atoms with E-state index in [0.717, 1.165) is 18.1 Å². The summed E-state index contributed by atoms with van der Waals surface area (Å²) in [6, 6.07) is 34.4. The number of hydrogen-bond acceptors (Lipinski definition) is 3. The third kappa shape index (κ3) is 4.18. The van der Waals surface area contributed by atoms with Gasteiger partial charge in [0.1, 0.15) is 5.01 Å². The molecule has 0 aliphatic heterocycles. The lowest BCUT2D eigenvalue weighted by Gasteiger charge is -2.07. The minimum atomic E-state index is 0.782. The lowest BCUT2D eigenvalue weighted by molar-refractivity contribution is 0.690. The molecule has 5 aromatic rings. The number of aromatic nitrogens is 1. The van der Waals surface area contributed by atoms with Crippen molar-refractivity contribution in [1.29, 1.82) is 0 Å². The summed E-state index contributed by atoms with van der Waals surface area (Å²) in [5.41, 5.74) is 5.01. The van der Waals surface area contributed by atoms with Crippen molar-refractivity contribution in [3.8, 4) is 21.6 Å². The number of benzene rings is 4. The van der Waals surface area contributed by atoms with Crippen LogP contribution >= 0.6 is 11.3 Å². The molecule has 2 nitrogen and oxygen atoms in total. The molecular formula is C27H22N2S. The summed E-state index contributed by atoms with van der Waals surface area (Å²) in [6.07, 6.45) is 1.97. The summed E-state index contributed by atoms with van der Waals surface area (Å²) in [5.74, 6) is 0. The molecule has 1 N–H and O–H groups in total. The van der Waals surface area contributed by atoms with Crippen LogP contribution < -0.4 is 5.32 Å². The Hall–Kier alpha value is -3.27. The third-order valence-electron chi connectivity index (χ3n) is 5.25. The maximum atomic E-state index is 4.56. The zero-order valence-electron chi connectivity index (χ0n) is 16.6. The van der Waals surface area contributed by atoms with Gasteiger partial charge in [0, 0.05) is 19.3 Å². The molecule has 0 aliphatic rings. The lowest BCUT2D eigenvalue weighted by atomic mass is 10.0. The molecule has 3 heteroatoms. The van der Waals surface area contributed by atoms with Gasteiger partial charge in [0.15, 0.2) is 0 Å². The van der Waals surface area contributed by atoms with E-state index in [4.69, 9.17) is 0 Å². The van der Waals surface area contributed by atoms with Gasteiger partial charge in [-0.05, 0) is 39.1 Å². The molecule has 0 atom stereocenters. The lowest BCUT2D eigenvalue weighted by Crippen LogP contribution is -2.12. The molecule has 1 aromatic heterocycles. The highest BCUT2D eigenvalue weighted by atomic mass is 32.1. The van der Waals surface area contributed by atoms with E-state index in [-0.39, 0.29) is 0 Å². The van der Waals surface area contributed by atoms with Crippen LogP contribution in [0.25, 0.3) is 32.3 Å². The van der Waals surface area contributed by atoms with Gasteiger partial charge in [-0.15, -0.1) is 11.3 Å². The molecular weight excluding hydrogens is 384 g/mol. The summed E-state index contributed by atoms with van der Waals surface area (Å²) < 4.78 is 0. The van der Waals surface area contributed by atoms with E-state index in [9.17, 15) is 0 Å². The number of nitrogens with zero attached hydrogens (tertiary/aromatic N) is 1. The zero-order valence-corrected chi connectivity index (χ0v) is 17.4.